The van der Waals surface area contributed by atoms with Gasteiger partial charge >= 0.3 is 0 Å². The van der Waals surface area contributed by atoms with Gasteiger partial charge < -0.3 is 4.74 Å². The summed E-state index contributed by atoms with van der Waals surface area (Å²) >= 11 is 0. The zero-order chi connectivity index (χ0) is 11.3. The highest BCUT2D eigenvalue weighted by molar-refractivity contribution is 5.96. The lowest BCUT2D eigenvalue weighted by Crippen LogP contribution is -2.06. The van der Waals surface area contributed by atoms with E-state index in [2.05, 4.69) is 18.8 Å². The summed E-state index contributed by atoms with van der Waals surface area (Å²) in [5.41, 5.74) is 0.557. The Balaban J connectivity index is 2.63. The number of ether oxygens (including phenoxy) is 1. The first-order valence-electron chi connectivity index (χ1n) is 5.20. The molecule has 0 N–H and O–H groups in total. The smallest absolute Gasteiger partial charge is 0.224 e. The van der Waals surface area contributed by atoms with Gasteiger partial charge in [-0.25, -0.2) is 4.98 Å². The Kier molecular flexibility index (Phi) is 4.28. The van der Waals surface area contributed by atoms with Gasteiger partial charge in [-0.15, -0.1) is 0 Å². The van der Waals surface area contributed by atoms with Gasteiger partial charge in [0.15, 0.2) is 5.78 Å². The third-order valence-corrected chi connectivity index (χ3v) is 2.08. The van der Waals surface area contributed by atoms with Gasteiger partial charge in [0, 0.05) is 6.20 Å². The summed E-state index contributed by atoms with van der Waals surface area (Å²) in [6.45, 7) is 6.39. The van der Waals surface area contributed by atoms with Gasteiger partial charge in [-0.05, 0) is 31.4 Å². The quantitative estimate of drug-likeness (QED) is 0.697. The minimum absolute atomic E-state index is 0.0114. The average molecular weight is 207 g/mol. The van der Waals surface area contributed by atoms with Crippen LogP contribution in [0.2, 0.25) is 0 Å². The number of hydrogen-bond donors (Lipinski definition) is 0. The van der Waals surface area contributed by atoms with Gasteiger partial charge in [0.2, 0.25) is 5.88 Å². The highest BCUT2D eigenvalue weighted by atomic mass is 16.5. The molecule has 0 atom stereocenters. The van der Waals surface area contributed by atoms with Crippen LogP contribution in [0.15, 0.2) is 18.3 Å². The Labute approximate surface area is 90.5 Å². The van der Waals surface area contributed by atoms with E-state index in [1.54, 1.807) is 18.3 Å². The molecule has 3 nitrogen and oxygen atoms in total. The zero-order valence-corrected chi connectivity index (χ0v) is 9.49. The number of nitrogens with zero attached hydrogens (tertiary/aromatic N) is 1. The second-order valence-electron chi connectivity index (χ2n) is 3.94. The maximum absolute atomic E-state index is 11.2. The molecule has 0 saturated heterocycles. The van der Waals surface area contributed by atoms with E-state index in [4.69, 9.17) is 4.74 Å². The minimum Gasteiger partial charge on any atom is -0.477 e. The number of Topliss-reactive ketones (excluding diaryl/α,β-unsaturated/α-hetero) is 1. The molecule has 0 aliphatic rings. The molecule has 0 bridgehead atoms. The molecule has 3 heteroatoms. The number of rotatable bonds is 5. The summed E-state index contributed by atoms with van der Waals surface area (Å²) in [4.78, 5) is 15.3. The lowest BCUT2D eigenvalue weighted by molar-refractivity contribution is 0.101. The van der Waals surface area contributed by atoms with Crippen LogP contribution >= 0.6 is 0 Å². The van der Waals surface area contributed by atoms with Gasteiger partial charge in [-0.2, -0.15) is 0 Å². The lowest BCUT2D eigenvalue weighted by atomic mass is 10.1. The summed E-state index contributed by atoms with van der Waals surface area (Å²) in [6.07, 6.45) is 2.60. The highest BCUT2D eigenvalue weighted by Gasteiger charge is 2.08. The predicted molar refractivity (Wildman–Crippen MR) is 59.2 cm³/mol. The van der Waals surface area contributed by atoms with E-state index in [1.165, 1.54) is 6.92 Å². The summed E-state index contributed by atoms with van der Waals surface area (Å²) in [5.74, 6) is 1.03. The van der Waals surface area contributed by atoms with Crippen molar-refractivity contribution in [1.29, 1.82) is 0 Å². The Hall–Kier alpha value is -1.38. The average Bonchev–Trinajstić information content (AvgIpc) is 2.17. The van der Waals surface area contributed by atoms with Crippen LogP contribution in [0.3, 0.4) is 0 Å². The lowest BCUT2D eigenvalue weighted by Gasteiger charge is -2.09. The summed E-state index contributed by atoms with van der Waals surface area (Å²) in [7, 11) is 0. The summed E-state index contributed by atoms with van der Waals surface area (Å²) < 4.78 is 5.48. The van der Waals surface area contributed by atoms with Crippen molar-refractivity contribution < 1.29 is 9.53 Å². The number of pyridine rings is 1. The summed E-state index contributed by atoms with van der Waals surface area (Å²) in [5, 5.41) is 0. The Morgan fingerprint density at radius 2 is 2.27 bits per heavy atom. The van der Waals surface area contributed by atoms with Crippen LogP contribution in [0.25, 0.3) is 0 Å². The van der Waals surface area contributed by atoms with Crippen molar-refractivity contribution in [3.8, 4) is 5.88 Å². The molecule has 1 heterocycles. The SMILES string of the molecule is CC(=O)c1cccnc1OCCC(C)C. The van der Waals surface area contributed by atoms with Gasteiger partial charge in [0.25, 0.3) is 0 Å². The molecule has 15 heavy (non-hydrogen) atoms. The van der Waals surface area contributed by atoms with Gasteiger partial charge in [0.05, 0.1) is 12.2 Å². The largest absolute Gasteiger partial charge is 0.477 e. The van der Waals surface area contributed by atoms with Crippen LogP contribution in [0, 0.1) is 5.92 Å². The van der Waals surface area contributed by atoms with Crippen molar-refractivity contribution in [3.05, 3.63) is 23.9 Å². The Morgan fingerprint density at radius 3 is 2.87 bits per heavy atom. The van der Waals surface area contributed by atoms with E-state index in [9.17, 15) is 4.79 Å². The highest BCUT2D eigenvalue weighted by Crippen LogP contribution is 2.15. The molecule has 0 fully saturated rings. The van der Waals surface area contributed by atoms with Crippen molar-refractivity contribution in [3.63, 3.8) is 0 Å². The Morgan fingerprint density at radius 1 is 1.53 bits per heavy atom. The molecule has 0 radical (unpaired) electrons. The molecule has 0 aliphatic carbocycles. The maximum atomic E-state index is 11.2. The van der Waals surface area contributed by atoms with Crippen molar-refractivity contribution in [2.24, 2.45) is 5.92 Å². The van der Waals surface area contributed by atoms with Crippen LogP contribution < -0.4 is 4.74 Å². The van der Waals surface area contributed by atoms with Crippen LogP contribution in [-0.2, 0) is 0 Å². The molecular weight excluding hydrogens is 190 g/mol. The van der Waals surface area contributed by atoms with E-state index >= 15 is 0 Å². The normalized spacial score (nSPS) is 10.4. The molecule has 1 aromatic rings. The van der Waals surface area contributed by atoms with Crippen molar-refractivity contribution in [2.45, 2.75) is 27.2 Å². The van der Waals surface area contributed by atoms with Crippen molar-refractivity contribution >= 4 is 5.78 Å². The molecule has 1 rings (SSSR count). The topological polar surface area (TPSA) is 39.2 Å². The number of ketones is 1. The van der Waals surface area contributed by atoms with E-state index in [1.807, 2.05) is 0 Å². The molecule has 0 aromatic carbocycles. The van der Waals surface area contributed by atoms with Crippen LogP contribution in [-0.4, -0.2) is 17.4 Å². The van der Waals surface area contributed by atoms with E-state index in [-0.39, 0.29) is 5.78 Å². The maximum Gasteiger partial charge on any atom is 0.224 e. The van der Waals surface area contributed by atoms with Crippen LogP contribution in [0.4, 0.5) is 0 Å². The fourth-order valence-corrected chi connectivity index (χ4v) is 1.17. The monoisotopic (exact) mass is 207 g/mol. The molecule has 0 saturated carbocycles. The standard InChI is InChI=1S/C12H17NO2/c1-9(2)6-8-15-12-11(10(3)14)5-4-7-13-12/h4-5,7,9H,6,8H2,1-3H3. The first-order valence-corrected chi connectivity index (χ1v) is 5.20. The number of aromatic nitrogens is 1. The predicted octanol–water partition coefficient (Wildman–Crippen LogP) is 2.71. The molecule has 1 aromatic heterocycles. The minimum atomic E-state index is -0.0114. The third-order valence-electron chi connectivity index (χ3n) is 2.08. The zero-order valence-electron chi connectivity index (χ0n) is 9.49. The first-order chi connectivity index (χ1) is 7.11. The van der Waals surface area contributed by atoms with E-state index in [0.29, 0.717) is 24.0 Å². The fraction of sp³-hybridized carbons (Fsp3) is 0.500. The number of carbonyl (C=O) groups is 1. The molecule has 0 unspecified atom stereocenters. The van der Waals surface area contributed by atoms with Crippen molar-refractivity contribution in [1.82, 2.24) is 4.98 Å². The van der Waals surface area contributed by atoms with Crippen LogP contribution in [0.1, 0.15) is 37.6 Å². The van der Waals surface area contributed by atoms with E-state index < -0.39 is 0 Å². The second-order valence-corrected chi connectivity index (χ2v) is 3.94. The number of hydrogen-bond acceptors (Lipinski definition) is 3. The summed E-state index contributed by atoms with van der Waals surface area (Å²) in [6, 6.07) is 3.48. The molecule has 0 spiro atoms. The van der Waals surface area contributed by atoms with Crippen LogP contribution in [0.5, 0.6) is 5.88 Å². The van der Waals surface area contributed by atoms with Crippen molar-refractivity contribution in [2.75, 3.05) is 6.61 Å². The molecule has 0 aliphatic heterocycles. The van der Waals surface area contributed by atoms with Gasteiger partial charge in [0.1, 0.15) is 0 Å². The first kappa shape index (κ1) is 11.7. The third kappa shape index (κ3) is 3.70. The second kappa shape index (κ2) is 5.49. The Bertz CT molecular complexity index is 334. The van der Waals surface area contributed by atoms with E-state index in [0.717, 1.165) is 6.42 Å². The fourth-order valence-electron chi connectivity index (χ4n) is 1.17. The molecule has 82 valence electrons. The number of carbonyl (C=O) groups excluding carboxylic acids is 1. The van der Waals surface area contributed by atoms with Gasteiger partial charge in [-0.1, -0.05) is 13.8 Å². The molecule has 0 amide bonds. The van der Waals surface area contributed by atoms with Gasteiger partial charge in [-0.3, -0.25) is 4.79 Å². The molecular formula is C12H17NO2.